The highest BCUT2D eigenvalue weighted by molar-refractivity contribution is 5.94. The summed E-state index contributed by atoms with van der Waals surface area (Å²) in [5, 5.41) is 9.59. The van der Waals surface area contributed by atoms with Gasteiger partial charge < -0.3 is 10.1 Å². The molecule has 0 atom stereocenters. The SMILES string of the molecule is Cc1nccc2[nH]c(C(=O)O)cc12. The van der Waals surface area contributed by atoms with E-state index in [9.17, 15) is 4.79 Å². The van der Waals surface area contributed by atoms with Crippen molar-refractivity contribution in [1.29, 1.82) is 0 Å². The fourth-order valence-corrected chi connectivity index (χ4v) is 1.31. The molecule has 2 heterocycles. The number of carboxylic acid groups (broad SMARTS) is 1. The second-order valence-corrected chi connectivity index (χ2v) is 2.85. The predicted octanol–water partition coefficient (Wildman–Crippen LogP) is 1.57. The van der Waals surface area contributed by atoms with Gasteiger partial charge in [-0.3, -0.25) is 4.98 Å². The molecule has 4 heteroatoms. The Morgan fingerprint density at radius 3 is 3.00 bits per heavy atom. The van der Waals surface area contributed by atoms with Gasteiger partial charge in [0.2, 0.25) is 0 Å². The molecule has 0 aromatic carbocycles. The van der Waals surface area contributed by atoms with E-state index in [4.69, 9.17) is 5.11 Å². The molecule has 4 nitrogen and oxygen atoms in total. The lowest BCUT2D eigenvalue weighted by Crippen LogP contribution is -1.94. The van der Waals surface area contributed by atoms with E-state index in [2.05, 4.69) is 9.97 Å². The molecule has 0 fully saturated rings. The van der Waals surface area contributed by atoms with Gasteiger partial charge in [0.1, 0.15) is 5.69 Å². The maximum absolute atomic E-state index is 10.6. The molecule has 0 aliphatic rings. The lowest BCUT2D eigenvalue weighted by atomic mass is 10.2. The molecule has 0 aliphatic carbocycles. The molecule has 66 valence electrons. The zero-order valence-corrected chi connectivity index (χ0v) is 7.03. The molecule has 13 heavy (non-hydrogen) atoms. The van der Waals surface area contributed by atoms with E-state index >= 15 is 0 Å². The predicted molar refractivity (Wildman–Crippen MR) is 47.8 cm³/mol. The number of aryl methyl sites for hydroxylation is 1. The molecule has 0 spiro atoms. The van der Waals surface area contributed by atoms with Gasteiger partial charge in [-0.05, 0) is 19.1 Å². The summed E-state index contributed by atoms with van der Waals surface area (Å²) in [5.74, 6) is -0.949. The van der Waals surface area contributed by atoms with Gasteiger partial charge in [0.25, 0.3) is 0 Å². The van der Waals surface area contributed by atoms with Crippen LogP contribution in [0.15, 0.2) is 18.3 Å². The van der Waals surface area contributed by atoms with Crippen molar-refractivity contribution in [2.24, 2.45) is 0 Å². The largest absolute Gasteiger partial charge is 0.477 e. The summed E-state index contributed by atoms with van der Waals surface area (Å²) in [6.45, 7) is 1.85. The third kappa shape index (κ3) is 1.16. The molecule has 2 N–H and O–H groups in total. The number of carbonyl (C=O) groups is 1. The number of rotatable bonds is 1. The van der Waals surface area contributed by atoms with Gasteiger partial charge in [-0.25, -0.2) is 4.79 Å². The molecule has 0 saturated carbocycles. The number of aromatic nitrogens is 2. The molecular weight excluding hydrogens is 168 g/mol. The Morgan fingerprint density at radius 1 is 1.62 bits per heavy atom. The van der Waals surface area contributed by atoms with Crippen LogP contribution in [0.3, 0.4) is 0 Å². The van der Waals surface area contributed by atoms with Crippen molar-refractivity contribution in [3.8, 4) is 0 Å². The molecule has 0 bridgehead atoms. The zero-order valence-electron chi connectivity index (χ0n) is 7.03. The lowest BCUT2D eigenvalue weighted by molar-refractivity contribution is 0.0691. The number of fused-ring (bicyclic) bond motifs is 1. The van der Waals surface area contributed by atoms with Gasteiger partial charge in [0, 0.05) is 22.8 Å². The minimum atomic E-state index is -0.949. The molecule has 2 aromatic rings. The summed E-state index contributed by atoms with van der Waals surface area (Å²) < 4.78 is 0. The molecule has 2 aromatic heterocycles. The maximum Gasteiger partial charge on any atom is 0.352 e. The van der Waals surface area contributed by atoms with Crippen LogP contribution in [0.5, 0.6) is 0 Å². The Hall–Kier alpha value is -1.84. The van der Waals surface area contributed by atoms with Crippen LogP contribution in [0.25, 0.3) is 10.9 Å². The molecule has 0 amide bonds. The number of H-pyrrole nitrogens is 1. The van der Waals surface area contributed by atoms with E-state index in [0.717, 1.165) is 16.6 Å². The highest BCUT2D eigenvalue weighted by atomic mass is 16.4. The fraction of sp³-hybridized carbons (Fsp3) is 0.111. The number of pyridine rings is 1. The molecule has 0 aliphatic heterocycles. The van der Waals surface area contributed by atoms with E-state index < -0.39 is 5.97 Å². The number of nitrogens with one attached hydrogen (secondary N) is 1. The number of carboxylic acids is 1. The minimum Gasteiger partial charge on any atom is -0.477 e. The van der Waals surface area contributed by atoms with Gasteiger partial charge in [-0.2, -0.15) is 0 Å². The Bertz CT molecular complexity index is 473. The third-order valence-corrected chi connectivity index (χ3v) is 1.98. The summed E-state index contributed by atoms with van der Waals surface area (Å²) >= 11 is 0. The quantitative estimate of drug-likeness (QED) is 0.693. The van der Waals surface area contributed by atoms with Crippen molar-refractivity contribution in [2.75, 3.05) is 0 Å². The van der Waals surface area contributed by atoms with Crippen LogP contribution in [0.2, 0.25) is 0 Å². The van der Waals surface area contributed by atoms with Crippen LogP contribution in [-0.4, -0.2) is 21.0 Å². The lowest BCUT2D eigenvalue weighted by Gasteiger charge is -1.91. The number of nitrogens with zero attached hydrogens (tertiary/aromatic N) is 1. The van der Waals surface area contributed by atoms with Gasteiger partial charge >= 0.3 is 5.97 Å². The van der Waals surface area contributed by atoms with Crippen LogP contribution in [0, 0.1) is 6.92 Å². The Morgan fingerprint density at radius 2 is 2.38 bits per heavy atom. The number of aromatic carboxylic acids is 1. The Labute approximate surface area is 74.2 Å². The Balaban J connectivity index is 2.75. The van der Waals surface area contributed by atoms with Crippen LogP contribution >= 0.6 is 0 Å². The van der Waals surface area contributed by atoms with Crippen molar-refractivity contribution in [1.82, 2.24) is 9.97 Å². The van der Waals surface area contributed by atoms with E-state index in [0.29, 0.717) is 0 Å². The number of hydrogen-bond donors (Lipinski definition) is 2. The average molecular weight is 176 g/mol. The van der Waals surface area contributed by atoms with E-state index in [-0.39, 0.29) is 5.69 Å². The first-order valence-corrected chi connectivity index (χ1v) is 3.86. The summed E-state index contributed by atoms with van der Waals surface area (Å²) in [4.78, 5) is 17.5. The van der Waals surface area contributed by atoms with Crippen molar-refractivity contribution in [3.63, 3.8) is 0 Å². The maximum atomic E-state index is 10.6. The number of hydrogen-bond acceptors (Lipinski definition) is 2. The fourth-order valence-electron chi connectivity index (χ4n) is 1.31. The molecule has 2 rings (SSSR count). The highest BCUT2D eigenvalue weighted by Crippen LogP contribution is 2.16. The first kappa shape index (κ1) is 7.79. The van der Waals surface area contributed by atoms with Crippen molar-refractivity contribution >= 4 is 16.9 Å². The standard InChI is InChI=1S/C9H8N2O2/c1-5-6-4-8(9(12)13)11-7(6)2-3-10-5/h2-4,11H,1H3,(H,12,13). The monoisotopic (exact) mass is 176 g/mol. The second-order valence-electron chi connectivity index (χ2n) is 2.85. The van der Waals surface area contributed by atoms with Crippen molar-refractivity contribution < 1.29 is 9.90 Å². The zero-order chi connectivity index (χ0) is 9.42. The summed E-state index contributed by atoms with van der Waals surface area (Å²) in [6.07, 6.45) is 1.65. The summed E-state index contributed by atoms with van der Waals surface area (Å²) in [5.41, 5.74) is 1.84. The molecule has 0 radical (unpaired) electrons. The first-order valence-electron chi connectivity index (χ1n) is 3.86. The van der Waals surface area contributed by atoms with Gasteiger partial charge in [0.15, 0.2) is 0 Å². The smallest absolute Gasteiger partial charge is 0.352 e. The van der Waals surface area contributed by atoms with E-state index in [1.807, 2.05) is 6.92 Å². The van der Waals surface area contributed by atoms with Crippen LogP contribution in [0.4, 0.5) is 0 Å². The summed E-state index contributed by atoms with van der Waals surface area (Å²) in [6, 6.07) is 3.36. The number of aromatic amines is 1. The van der Waals surface area contributed by atoms with Crippen LogP contribution < -0.4 is 0 Å². The van der Waals surface area contributed by atoms with Gasteiger partial charge in [0.05, 0.1) is 0 Å². The molecule has 0 saturated heterocycles. The van der Waals surface area contributed by atoms with E-state index in [1.165, 1.54) is 0 Å². The van der Waals surface area contributed by atoms with Crippen molar-refractivity contribution in [3.05, 3.63) is 29.7 Å². The second kappa shape index (κ2) is 2.58. The normalized spacial score (nSPS) is 10.5. The minimum absolute atomic E-state index is 0.200. The van der Waals surface area contributed by atoms with Crippen LogP contribution in [-0.2, 0) is 0 Å². The molecule has 0 unspecified atom stereocenters. The van der Waals surface area contributed by atoms with Gasteiger partial charge in [-0.15, -0.1) is 0 Å². The topological polar surface area (TPSA) is 66.0 Å². The molecular formula is C9H8N2O2. The van der Waals surface area contributed by atoms with Gasteiger partial charge in [-0.1, -0.05) is 0 Å². The average Bonchev–Trinajstić information content (AvgIpc) is 2.49. The van der Waals surface area contributed by atoms with E-state index in [1.54, 1.807) is 18.3 Å². The van der Waals surface area contributed by atoms with Crippen LogP contribution in [0.1, 0.15) is 16.2 Å². The van der Waals surface area contributed by atoms with Crippen molar-refractivity contribution in [2.45, 2.75) is 6.92 Å². The highest BCUT2D eigenvalue weighted by Gasteiger charge is 2.08. The Kier molecular flexibility index (Phi) is 1.55. The third-order valence-electron chi connectivity index (χ3n) is 1.98. The first-order chi connectivity index (χ1) is 6.18. The summed E-state index contributed by atoms with van der Waals surface area (Å²) in [7, 11) is 0.